The van der Waals surface area contributed by atoms with E-state index in [2.05, 4.69) is 168 Å². The molecular formula is C44H27N. The highest BCUT2D eigenvalue weighted by atomic mass is 14.9. The van der Waals surface area contributed by atoms with Gasteiger partial charge in [-0.3, -0.25) is 0 Å². The fourth-order valence-corrected chi connectivity index (χ4v) is 7.75. The molecule has 0 spiro atoms. The van der Waals surface area contributed by atoms with Crippen molar-refractivity contribution in [1.82, 2.24) is 4.40 Å². The van der Waals surface area contributed by atoms with Crippen molar-refractivity contribution in [3.8, 4) is 22.3 Å². The van der Waals surface area contributed by atoms with E-state index in [9.17, 15) is 0 Å². The van der Waals surface area contributed by atoms with Crippen LogP contribution in [-0.4, -0.2) is 4.40 Å². The summed E-state index contributed by atoms with van der Waals surface area (Å²) in [6.07, 6.45) is 0. The Morgan fingerprint density at radius 2 is 0.800 bits per heavy atom. The van der Waals surface area contributed by atoms with E-state index in [0.29, 0.717) is 0 Å². The minimum absolute atomic E-state index is 1.23. The van der Waals surface area contributed by atoms with Crippen LogP contribution < -0.4 is 0 Å². The number of nitrogens with zero attached hydrogens (tertiary/aromatic N) is 1. The molecular weight excluding hydrogens is 542 g/mol. The van der Waals surface area contributed by atoms with E-state index in [0.717, 1.165) is 0 Å². The van der Waals surface area contributed by atoms with Crippen molar-refractivity contribution in [2.24, 2.45) is 0 Å². The van der Waals surface area contributed by atoms with Gasteiger partial charge in [0, 0.05) is 16.2 Å². The van der Waals surface area contributed by atoms with Crippen LogP contribution in [0.2, 0.25) is 0 Å². The lowest BCUT2D eigenvalue weighted by Gasteiger charge is -2.18. The molecule has 0 amide bonds. The molecule has 10 aromatic rings. The van der Waals surface area contributed by atoms with Gasteiger partial charge in [-0.1, -0.05) is 127 Å². The fraction of sp³-hybridized carbons (Fsp3) is 0. The minimum Gasteiger partial charge on any atom is -0.309 e. The SMILES string of the molecule is c1ccc(-c2c3ccccc3cc3c(-c4ccc5c(c4)c4ccccc4n4c6ccccc6cc54)c4ccccc4cc23)cc1. The van der Waals surface area contributed by atoms with E-state index in [-0.39, 0.29) is 0 Å². The quantitative estimate of drug-likeness (QED) is 0.144. The third kappa shape index (κ3) is 3.50. The Balaban J connectivity index is 1.38. The van der Waals surface area contributed by atoms with Crippen LogP contribution in [0.25, 0.3) is 92.7 Å². The Morgan fingerprint density at radius 1 is 0.267 bits per heavy atom. The second-order valence-corrected chi connectivity index (χ2v) is 12.1. The van der Waals surface area contributed by atoms with Crippen molar-refractivity contribution in [1.29, 1.82) is 0 Å². The standard InChI is InChI=1S/C44H27N/c1-2-12-28(13-3-1)43-33-17-7-4-14-29(33)25-39-38(43)24-30-15-5-8-18-34(30)44(39)32-22-23-36-37(26-32)35-19-9-11-21-41(35)45-40-20-10-6-16-31(40)27-42(36)45/h1-27H. The van der Waals surface area contributed by atoms with Crippen LogP contribution in [0.4, 0.5) is 0 Å². The zero-order valence-electron chi connectivity index (χ0n) is 24.5. The van der Waals surface area contributed by atoms with Crippen LogP contribution in [-0.2, 0) is 0 Å². The summed E-state index contributed by atoms with van der Waals surface area (Å²) in [5, 5.41) is 12.7. The van der Waals surface area contributed by atoms with Crippen molar-refractivity contribution >= 4 is 70.4 Å². The van der Waals surface area contributed by atoms with Crippen molar-refractivity contribution in [2.75, 3.05) is 0 Å². The van der Waals surface area contributed by atoms with Gasteiger partial charge in [0.25, 0.3) is 0 Å². The van der Waals surface area contributed by atoms with Crippen LogP contribution in [0.1, 0.15) is 0 Å². The number of benzene rings is 8. The molecule has 0 unspecified atom stereocenters. The fourth-order valence-electron chi connectivity index (χ4n) is 7.75. The summed E-state index contributed by atoms with van der Waals surface area (Å²) in [4.78, 5) is 0. The van der Waals surface area contributed by atoms with Crippen LogP contribution in [0.15, 0.2) is 164 Å². The Hall–Kier alpha value is -5.92. The minimum atomic E-state index is 1.23. The van der Waals surface area contributed by atoms with Gasteiger partial charge < -0.3 is 4.40 Å². The first kappa shape index (κ1) is 24.5. The number of para-hydroxylation sites is 2. The Bertz CT molecular complexity index is 2800. The molecule has 0 N–H and O–H groups in total. The molecule has 2 heterocycles. The molecule has 0 fully saturated rings. The van der Waals surface area contributed by atoms with Crippen LogP contribution in [0, 0.1) is 0 Å². The molecule has 0 aliphatic rings. The highest BCUT2D eigenvalue weighted by Crippen LogP contribution is 2.45. The van der Waals surface area contributed by atoms with E-state index in [1.54, 1.807) is 0 Å². The first-order chi connectivity index (χ1) is 22.3. The highest BCUT2D eigenvalue weighted by Gasteiger charge is 2.18. The lowest BCUT2D eigenvalue weighted by Crippen LogP contribution is -1.93. The van der Waals surface area contributed by atoms with Gasteiger partial charge in [-0.05, 0) is 96.4 Å². The zero-order chi connectivity index (χ0) is 29.5. The normalized spacial score (nSPS) is 12.0. The largest absolute Gasteiger partial charge is 0.309 e. The molecule has 0 radical (unpaired) electrons. The maximum atomic E-state index is 2.44. The van der Waals surface area contributed by atoms with E-state index in [1.807, 2.05) is 0 Å². The summed E-state index contributed by atoms with van der Waals surface area (Å²) in [7, 11) is 0. The number of hydrogen-bond acceptors (Lipinski definition) is 0. The molecule has 8 aromatic carbocycles. The summed E-state index contributed by atoms with van der Waals surface area (Å²) in [5.41, 5.74) is 8.79. The highest BCUT2D eigenvalue weighted by molar-refractivity contribution is 6.23. The van der Waals surface area contributed by atoms with Gasteiger partial charge in [-0.2, -0.15) is 0 Å². The number of hydrogen-bond donors (Lipinski definition) is 0. The first-order valence-corrected chi connectivity index (χ1v) is 15.6. The maximum absolute atomic E-state index is 2.44. The predicted octanol–water partition coefficient (Wildman–Crippen LogP) is 12.2. The summed E-state index contributed by atoms with van der Waals surface area (Å²) >= 11 is 0. The number of rotatable bonds is 2. The first-order valence-electron chi connectivity index (χ1n) is 15.6. The van der Waals surface area contributed by atoms with Crippen molar-refractivity contribution in [3.63, 3.8) is 0 Å². The molecule has 0 bridgehead atoms. The average molecular weight is 570 g/mol. The van der Waals surface area contributed by atoms with Crippen LogP contribution >= 0.6 is 0 Å². The van der Waals surface area contributed by atoms with Gasteiger partial charge in [0.05, 0.1) is 16.6 Å². The van der Waals surface area contributed by atoms with Gasteiger partial charge >= 0.3 is 0 Å². The Labute approximate surface area is 260 Å². The maximum Gasteiger partial charge on any atom is 0.0547 e. The molecule has 0 saturated carbocycles. The van der Waals surface area contributed by atoms with Crippen LogP contribution in [0.3, 0.4) is 0 Å². The van der Waals surface area contributed by atoms with Gasteiger partial charge in [-0.15, -0.1) is 0 Å². The van der Waals surface area contributed by atoms with Crippen LogP contribution in [0.5, 0.6) is 0 Å². The molecule has 2 aromatic heterocycles. The third-order valence-corrected chi connectivity index (χ3v) is 9.68. The lowest BCUT2D eigenvalue weighted by molar-refractivity contribution is 1.35. The van der Waals surface area contributed by atoms with Gasteiger partial charge in [0.1, 0.15) is 0 Å². The molecule has 45 heavy (non-hydrogen) atoms. The lowest BCUT2D eigenvalue weighted by atomic mass is 9.85. The van der Waals surface area contributed by atoms with Crippen molar-refractivity contribution < 1.29 is 0 Å². The molecule has 1 nitrogen and oxygen atoms in total. The van der Waals surface area contributed by atoms with Gasteiger partial charge in [0.15, 0.2) is 0 Å². The van der Waals surface area contributed by atoms with E-state index < -0.39 is 0 Å². The summed E-state index contributed by atoms with van der Waals surface area (Å²) in [6.45, 7) is 0. The summed E-state index contributed by atoms with van der Waals surface area (Å²) in [5.74, 6) is 0. The Kier molecular flexibility index (Phi) is 5.06. The van der Waals surface area contributed by atoms with E-state index >= 15 is 0 Å². The predicted molar refractivity (Wildman–Crippen MR) is 193 cm³/mol. The van der Waals surface area contributed by atoms with Crippen molar-refractivity contribution in [2.45, 2.75) is 0 Å². The van der Waals surface area contributed by atoms with Gasteiger partial charge in [-0.25, -0.2) is 0 Å². The topological polar surface area (TPSA) is 4.41 Å². The molecule has 0 saturated heterocycles. The molecule has 0 aliphatic carbocycles. The monoisotopic (exact) mass is 569 g/mol. The second kappa shape index (κ2) is 9.29. The molecule has 0 atom stereocenters. The summed E-state index contributed by atoms with van der Waals surface area (Å²) < 4.78 is 2.43. The average Bonchev–Trinajstić information content (AvgIpc) is 3.50. The van der Waals surface area contributed by atoms with E-state index in [1.165, 1.54) is 92.7 Å². The second-order valence-electron chi connectivity index (χ2n) is 12.1. The zero-order valence-corrected chi connectivity index (χ0v) is 24.5. The van der Waals surface area contributed by atoms with E-state index in [4.69, 9.17) is 0 Å². The number of pyridine rings is 1. The Morgan fingerprint density at radius 3 is 1.51 bits per heavy atom. The molecule has 1 heteroatoms. The smallest absolute Gasteiger partial charge is 0.0547 e. The summed E-state index contributed by atoms with van der Waals surface area (Å²) in [6, 6.07) is 60.4. The molecule has 10 rings (SSSR count). The third-order valence-electron chi connectivity index (χ3n) is 9.68. The number of aromatic nitrogens is 1. The molecule has 0 aliphatic heterocycles. The van der Waals surface area contributed by atoms with Gasteiger partial charge in [0.2, 0.25) is 0 Å². The number of fused-ring (bicyclic) bond motifs is 11. The van der Waals surface area contributed by atoms with Crippen molar-refractivity contribution in [3.05, 3.63) is 164 Å². The molecule has 208 valence electrons.